The monoisotopic (exact) mass is 452 g/mol. The summed E-state index contributed by atoms with van der Waals surface area (Å²) >= 11 is 0. The van der Waals surface area contributed by atoms with Crippen molar-refractivity contribution in [1.82, 2.24) is 14.6 Å². The average molecular weight is 453 g/mol. The van der Waals surface area contributed by atoms with Crippen LogP contribution in [0, 0.1) is 20.8 Å². The molecule has 7 heteroatoms. The minimum atomic E-state index is -0.406. The molecule has 0 fully saturated rings. The van der Waals surface area contributed by atoms with Crippen molar-refractivity contribution in [2.75, 3.05) is 5.32 Å². The molecule has 34 heavy (non-hydrogen) atoms. The Morgan fingerprint density at radius 3 is 2.62 bits per heavy atom. The van der Waals surface area contributed by atoms with Crippen LogP contribution in [0.1, 0.15) is 28.9 Å². The fraction of sp³-hybridized carbons (Fsp3) is 0.185. The largest absolute Gasteiger partial charge is 0.423 e. The Labute approximate surface area is 196 Å². The normalized spacial score (nSPS) is 11.3. The predicted octanol–water partition coefficient (Wildman–Crippen LogP) is 5.00. The number of aromatic nitrogens is 3. The molecule has 5 aromatic rings. The average Bonchev–Trinajstić information content (AvgIpc) is 3.23. The fourth-order valence-corrected chi connectivity index (χ4v) is 4.30. The van der Waals surface area contributed by atoms with Crippen LogP contribution in [0.4, 0.5) is 5.69 Å². The maximum Gasteiger partial charge on any atom is 0.336 e. The topological polar surface area (TPSA) is 89.5 Å². The lowest BCUT2D eigenvalue weighted by atomic mass is 10.1. The molecule has 0 atom stereocenters. The van der Waals surface area contributed by atoms with Crippen molar-refractivity contribution in [1.29, 1.82) is 0 Å². The van der Waals surface area contributed by atoms with Gasteiger partial charge in [-0.15, -0.1) is 0 Å². The number of fused-ring (bicyclic) bond motifs is 2. The van der Waals surface area contributed by atoms with E-state index in [9.17, 15) is 9.59 Å². The highest BCUT2D eigenvalue weighted by molar-refractivity contribution is 5.93. The van der Waals surface area contributed by atoms with E-state index >= 15 is 0 Å². The smallest absolute Gasteiger partial charge is 0.336 e. The zero-order valence-electron chi connectivity index (χ0n) is 19.3. The van der Waals surface area contributed by atoms with Crippen molar-refractivity contribution in [3.63, 3.8) is 0 Å². The lowest BCUT2D eigenvalue weighted by Gasteiger charge is -2.11. The third kappa shape index (κ3) is 4.08. The van der Waals surface area contributed by atoms with Gasteiger partial charge in [0.05, 0.1) is 5.69 Å². The first-order chi connectivity index (χ1) is 16.4. The maximum atomic E-state index is 12.7. The lowest BCUT2D eigenvalue weighted by Crippen LogP contribution is -2.14. The number of nitrogens with one attached hydrogen (secondary N) is 1. The number of carbonyl (C=O) groups excluding carboxylic acids is 1. The number of anilines is 1. The van der Waals surface area contributed by atoms with E-state index in [1.165, 1.54) is 6.07 Å². The molecular formula is C27H24N4O3. The van der Waals surface area contributed by atoms with E-state index in [0.717, 1.165) is 44.8 Å². The molecule has 0 saturated carbocycles. The van der Waals surface area contributed by atoms with Crippen LogP contribution in [0.25, 0.3) is 27.9 Å². The molecule has 0 unspecified atom stereocenters. The van der Waals surface area contributed by atoms with Crippen LogP contribution < -0.4 is 10.9 Å². The molecule has 0 aliphatic heterocycles. The Kier molecular flexibility index (Phi) is 5.45. The summed E-state index contributed by atoms with van der Waals surface area (Å²) < 4.78 is 7.12. The molecule has 7 nitrogen and oxygen atoms in total. The summed E-state index contributed by atoms with van der Waals surface area (Å²) in [6.07, 6.45) is 0.826. The maximum absolute atomic E-state index is 12.7. The minimum absolute atomic E-state index is 0.126. The van der Waals surface area contributed by atoms with Crippen molar-refractivity contribution < 1.29 is 9.21 Å². The highest BCUT2D eigenvalue weighted by Crippen LogP contribution is 2.23. The third-order valence-electron chi connectivity index (χ3n) is 6.07. The van der Waals surface area contributed by atoms with Crippen LogP contribution >= 0.6 is 0 Å². The lowest BCUT2D eigenvalue weighted by molar-refractivity contribution is -0.116. The second kappa shape index (κ2) is 8.59. The Morgan fingerprint density at radius 1 is 1.03 bits per heavy atom. The van der Waals surface area contributed by atoms with Gasteiger partial charge < -0.3 is 9.73 Å². The Bertz CT molecular complexity index is 1600. The molecule has 0 aliphatic carbocycles. The number of benzene rings is 2. The molecule has 5 rings (SSSR count). The summed E-state index contributed by atoms with van der Waals surface area (Å²) in [5, 5.41) is 8.49. The molecule has 1 N–H and O–H groups in total. The standard InChI is InChI=1S/C27H24N4O3/c1-16-13-27(33)34-24-14-20(9-10-21(16)24)29-26(32)12-11-22-17(2)28-25-15-23(30-31(25)18(22)3)19-7-5-4-6-8-19/h4-10,13-15H,11-12H2,1-3H3,(H,29,32). The summed E-state index contributed by atoms with van der Waals surface area (Å²) in [7, 11) is 0. The van der Waals surface area contributed by atoms with Gasteiger partial charge in [0, 0.05) is 52.6 Å². The van der Waals surface area contributed by atoms with E-state index in [1.807, 2.05) is 73.8 Å². The van der Waals surface area contributed by atoms with Crippen LogP contribution in [-0.4, -0.2) is 20.5 Å². The van der Waals surface area contributed by atoms with Crippen LogP contribution in [0.2, 0.25) is 0 Å². The molecule has 3 aromatic heterocycles. The van der Waals surface area contributed by atoms with Crippen LogP contribution in [0.15, 0.2) is 69.9 Å². The number of carbonyl (C=O) groups is 1. The Hall–Kier alpha value is -4.26. The van der Waals surface area contributed by atoms with Crippen molar-refractivity contribution in [3.8, 4) is 11.3 Å². The number of amides is 1. The summed E-state index contributed by atoms with van der Waals surface area (Å²) in [6, 6.07) is 18.8. The third-order valence-corrected chi connectivity index (χ3v) is 6.07. The van der Waals surface area contributed by atoms with Crippen LogP contribution in [-0.2, 0) is 11.2 Å². The summed E-state index contributed by atoms with van der Waals surface area (Å²) in [4.78, 5) is 29.1. The van der Waals surface area contributed by atoms with Gasteiger partial charge in [0.25, 0.3) is 0 Å². The summed E-state index contributed by atoms with van der Waals surface area (Å²) in [6.45, 7) is 5.82. The van der Waals surface area contributed by atoms with Crippen LogP contribution in [0.3, 0.4) is 0 Å². The first kappa shape index (κ1) is 21.6. The number of hydrogen-bond acceptors (Lipinski definition) is 5. The van der Waals surface area contributed by atoms with Gasteiger partial charge >= 0.3 is 5.63 Å². The molecule has 0 spiro atoms. The highest BCUT2D eigenvalue weighted by atomic mass is 16.4. The SMILES string of the molecule is Cc1nc2cc(-c3ccccc3)nn2c(C)c1CCC(=O)Nc1ccc2c(C)cc(=O)oc2c1. The van der Waals surface area contributed by atoms with E-state index in [4.69, 9.17) is 14.5 Å². The van der Waals surface area contributed by atoms with E-state index in [-0.39, 0.29) is 12.3 Å². The van der Waals surface area contributed by atoms with Gasteiger partial charge in [-0.1, -0.05) is 30.3 Å². The highest BCUT2D eigenvalue weighted by Gasteiger charge is 2.15. The second-order valence-electron chi connectivity index (χ2n) is 8.43. The molecule has 3 heterocycles. The first-order valence-corrected chi connectivity index (χ1v) is 11.1. The van der Waals surface area contributed by atoms with Gasteiger partial charge in [0.2, 0.25) is 5.91 Å². The Morgan fingerprint density at radius 2 is 1.82 bits per heavy atom. The minimum Gasteiger partial charge on any atom is -0.423 e. The zero-order valence-corrected chi connectivity index (χ0v) is 19.3. The van der Waals surface area contributed by atoms with Gasteiger partial charge in [0.15, 0.2) is 5.65 Å². The van der Waals surface area contributed by atoms with Gasteiger partial charge in [-0.25, -0.2) is 14.3 Å². The Balaban J connectivity index is 1.35. The van der Waals surface area contributed by atoms with Crippen molar-refractivity contribution in [2.24, 2.45) is 0 Å². The van der Waals surface area contributed by atoms with Crippen molar-refractivity contribution >= 4 is 28.2 Å². The van der Waals surface area contributed by atoms with Crippen LogP contribution in [0.5, 0.6) is 0 Å². The van der Waals surface area contributed by atoms with Gasteiger partial charge in [-0.3, -0.25) is 4.79 Å². The van der Waals surface area contributed by atoms with E-state index in [1.54, 1.807) is 6.07 Å². The van der Waals surface area contributed by atoms with Gasteiger partial charge in [-0.2, -0.15) is 5.10 Å². The molecule has 0 aliphatic rings. The van der Waals surface area contributed by atoms with Gasteiger partial charge in [0.1, 0.15) is 5.58 Å². The van der Waals surface area contributed by atoms with Crippen molar-refractivity contribution in [3.05, 3.63) is 93.6 Å². The molecule has 2 aromatic carbocycles. The zero-order chi connectivity index (χ0) is 23.8. The second-order valence-corrected chi connectivity index (χ2v) is 8.43. The number of nitrogens with zero attached hydrogens (tertiary/aromatic N) is 3. The van der Waals surface area contributed by atoms with E-state index < -0.39 is 5.63 Å². The molecular weight excluding hydrogens is 428 g/mol. The number of hydrogen-bond donors (Lipinski definition) is 1. The first-order valence-electron chi connectivity index (χ1n) is 11.1. The number of aryl methyl sites for hydroxylation is 3. The fourth-order valence-electron chi connectivity index (χ4n) is 4.30. The molecule has 170 valence electrons. The predicted molar refractivity (Wildman–Crippen MR) is 132 cm³/mol. The summed E-state index contributed by atoms with van der Waals surface area (Å²) in [5.74, 6) is -0.126. The van der Waals surface area contributed by atoms with Crippen molar-refractivity contribution in [2.45, 2.75) is 33.6 Å². The molecule has 0 saturated heterocycles. The number of rotatable bonds is 5. The van der Waals surface area contributed by atoms with E-state index in [2.05, 4.69) is 5.32 Å². The molecule has 1 amide bonds. The van der Waals surface area contributed by atoms with E-state index in [0.29, 0.717) is 17.7 Å². The summed E-state index contributed by atoms with van der Waals surface area (Å²) in [5.41, 5.74) is 7.03. The molecule has 0 radical (unpaired) electrons. The quantitative estimate of drug-likeness (QED) is 0.379. The van der Waals surface area contributed by atoms with Gasteiger partial charge in [-0.05, 0) is 50.5 Å². The molecule has 0 bridgehead atoms.